The third-order valence-electron chi connectivity index (χ3n) is 2.50. The highest BCUT2D eigenvalue weighted by molar-refractivity contribution is 14.1. The lowest BCUT2D eigenvalue weighted by molar-refractivity contribution is 0.0554. The third-order valence-corrected chi connectivity index (χ3v) is 3.08. The van der Waals surface area contributed by atoms with Gasteiger partial charge in [0.2, 0.25) is 0 Å². The number of hydrogen-bond donors (Lipinski definition) is 0. The highest BCUT2D eigenvalue weighted by Gasteiger charge is 2.27. The topological polar surface area (TPSA) is 18.5 Å². The molecule has 0 N–H and O–H groups in total. The number of alkyl halides is 1. The van der Waals surface area contributed by atoms with Gasteiger partial charge in [-0.25, -0.2) is 0 Å². The second-order valence-corrected chi connectivity index (χ2v) is 6.11. The molecule has 0 bridgehead atoms. The first-order chi connectivity index (χ1) is 7.08. The van der Waals surface area contributed by atoms with Crippen molar-refractivity contribution in [2.24, 2.45) is 0 Å². The van der Waals surface area contributed by atoms with Crippen LogP contribution in [0.3, 0.4) is 0 Å². The fourth-order valence-electron chi connectivity index (χ4n) is 1.54. The molecule has 0 spiro atoms. The minimum atomic E-state index is -0.136. The van der Waals surface area contributed by atoms with Gasteiger partial charge in [-0.1, -0.05) is 42.5 Å². The Hall–Kier alpha value is -0.450. The lowest BCUT2D eigenvalue weighted by Gasteiger charge is -2.11. The molecule has 0 fully saturated rings. The Labute approximate surface area is 104 Å². The van der Waals surface area contributed by atoms with Crippen LogP contribution >= 0.6 is 22.6 Å². The summed E-state index contributed by atoms with van der Waals surface area (Å²) in [5, 5.41) is 0. The van der Waals surface area contributed by atoms with E-state index in [2.05, 4.69) is 55.5 Å². The molecule has 0 amide bonds. The van der Waals surface area contributed by atoms with Gasteiger partial charge >= 0.3 is 0 Å². The summed E-state index contributed by atoms with van der Waals surface area (Å²) in [5.41, 5.74) is 1.29. The van der Waals surface area contributed by atoms with Crippen LogP contribution in [0.2, 0.25) is 0 Å². The number of hydrogen-bond acceptors (Lipinski definition) is 2. The molecule has 1 aliphatic heterocycles. The summed E-state index contributed by atoms with van der Waals surface area (Å²) in [7, 11) is 0. The van der Waals surface area contributed by atoms with Gasteiger partial charge in [0.1, 0.15) is 0 Å². The van der Waals surface area contributed by atoms with Gasteiger partial charge in [-0.15, -0.1) is 0 Å². The summed E-state index contributed by atoms with van der Waals surface area (Å²) in [6, 6.07) is 6.19. The quantitative estimate of drug-likeness (QED) is 0.611. The number of fused-ring (bicyclic) bond motifs is 1. The third kappa shape index (κ3) is 2.22. The Morgan fingerprint density at radius 3 is 2.40 bits per heavy atom. The van der Waals surface area contributed by atoms with Crippen LogP contribution in [0.5, 0.6) is 11.5 Å². The van der Waals surface area contributed by atoms with Crippen LogP contribution in [0.15, 0.2) is 18.2 Å². The number of ether oxygens (including phenoxy) is 2. The van der Waals surface area contributed by atoms with Crippen molar-refractivity contribution in [3.8, 4) is 11.5 Å². The van der Waals surface area contributed by atoms with E-state index < -0.39 is 0 Å². The summed E-state index contributed by atoms with van der Waals surface area (Å²) in [6.07, 6.45) is -0.136. The van der Waals surface area contributed by atoms with Crippen LogP contribution in [0.25, 0.3) is 0 Å². The lowest BCUT2D eigenvalue weighted by atomic mass is 10.0. The minimum absolute atomic E-state index is 0.136. The second kappa shape index (κ2) is 4.20. The molecule has 2 nitrogen and oxygen atoms in total. The molecule has 0 saturated carbocycles. The van der Waals surface area contributed by atoms with Gasteiger partial charge in [0.15, 0.2) is 11.5 Å². The number of benzene rings is 1. The largest absolute Gasteiger partial charge is 0.450 e. The molecule has 2 rings (SSSR count). The second-order valence-electron chi connectivity index (χ2n) is 4.14. The average Bonchev–Trinajstić information content (AvgIpc) is 2.59. The molecule has 82 valence electrons. The van der Waals surface area contributed by atoms with Gasteiger partial charge < -0.3 is 9.47 Å². The minimum Gasteiger partial charge on any atom is -0.450 e. The van der Waals surface area contributed by atoms with Crippen molar-refractivity contribution in [3.63, 3.8) is 0 Å². The molecule has 1 aromatic carbocycles. The Bertz CT molecular complexity index is 361. The zero-order valence-electron chi connectivity index (χ0n) is 9.16. The molecule has 1 heterocycles. The molecule has 0 aromatic heterocycles. The maximum absolute atomic E-state index is 5.73. The zero-order valence-corrected chi connectivity index (χ0v) is 11.3. The molecule has 2 atom stereocenters. The molecule has 1 aromatic rings. The molecule has 15 heavy (non-hydrogen) atoms. The van der Waals surface area contributed by atoms with Gasteiger partial charge in [0, 0.05) is 0 Å². The fraction of sp³-hybridized carbons (Fsp3) is 0.500. The molecule has 0 radical (unpaired) electrons. The van der Waals surface area contributed by atoms with Crippen molar-refractivity contribution in [3.05, 3.63) is 23.8 Å². The smallest absolute Gasteiger partial charge is 0.252 e. The molecule has 0 saturated heterocycles. The van der Waals surface area contributed by atoms with Gasteiger partial charge in [-0.2, -0.15) is 0 Å². The van der Waals surface area contributed by atoms with Gasteiger partial charge in [0.25, 0.3) is 6.29 Å². The van der Waals surface area contributed by atoms with E-state index >= 15 is 0 Å². The van der Waals surface area contributed by atoms with Crippen LogP contribution in [0.1, 0.15) is 32.3 Å². The molecular formula is C12H15IO2. The summed E-state index contributed by atoms with van der Waals surface area (Å²) in [5.74, 6) is 2.28. The van der Waals surface area contributed by atoms with E-state index in [0.29, 0.717) is 9.84 Å². The van der Waals surface area contributed by atoms with E-state index in [1.807, 2.05) is 6.07 Å². The summed E-state index contributed by atoms with van der Waals surface area (Å²) >= 11 is 2.31. The number of rotatable bonds is 2. The van der Waals surface area contributed by atoms with Crippen LogP contribution in [-0.4, -0.2) is 10.2 Å². The van der Waals surface area contributed by atoms with Crippen LogP contribution < -0.4 is 9.47 Å². The van der Waals surface area contributed by atoms with Crippen molar-refractivity contribution in [1.82, 2.24) is 0 Å². The van der Waals surface area contributed by atoms with Crippen LogP contribution in [0, 0.1) is 0 Å². The number of halogens is 1. The molecule has 3 heteroatoms. The highest BCUT2D eigenvalue weighted by atomic mass is 127. The Balaban J connectivity index is 2.24. The Morgan fingerprint density at radius 1 is 1.13 bits per heavy atom. The van der Waals surface area contributed by atoms with E-state index in [9.17, 15) is 0 Å². The molecule has 0 aliphatic carbocycles. The SMILES string of the molecule is CC(C)c1ccc2c(c1)OC(C(C)I)O2. The van der Waals surface area contributed by atoms with E-state index in [4.69, 9.17) is 9.47 Å². The van der Waals surface area contributed by atoms with Gasteiger partial charge in [0.05, 0.1) is 3.92 Å². The zero-order chi connectivity index (χ0) is 11.0. The molecule has 1 aliphatic rings. The summed E-state index contributed by atoms with van der Waals surface area (Å²) in [6.45, 7) is 6.44. The van der Waals surface area contributed by atoms with E-state index in [0.717, 1.165) is 11.5 Å². The summed E-state index contributed by atoms with van der Waals surface area (Å²) < 4.78 is 11.7. The first-order valence-electron chi connectivity index (χ1n) is 5.19. The van der Waals surface area contributed by atoms with Crippen molar-refractivity contribution in [1.29, 1.82) is 0 Å². The van der Waals surface area contributed by atoms with Crippen molar-refractivity contribution in [2.75, 3.05) is 0 Å². The first-order valence-corrected chi connectivity index (χ1v) is 6.44. The average molecular weight is 318 g/mol. The van der Waals surface area contributed by atoms with Crippen LogP contribution in [0.4, 0.5) is 0 Å². The highest BCUT2D eigenvalue weighted by Crippen LogP contribution is 2.38. The predicted molar refractivity (Wildman–Crippen MR) is 69.1 cm³/mol. The normalized spacial score (nSPS) is 20.7. The monoisotopic (exact) mass is 318 g/mol. The van der Waals surface area contributed by atoms with E-state index in [1.54, 1.807) is 0 Å². The predicted octanol–water partition coefficient (Wildman–Crippen LogP) is 3.73. The van der Waals surface area contributed by atoms with Gasteiger partial charge in [-0.3, -0.25) is 0 Å². The Morgan fingerprint density at radius 2 is 1.80 bits per heavy atom. The van der Waals surface area contributed by atoms with Crippen molar-refractivity contribution < 1.29 is 9.47 Å². The van der Waals surface area contributed by atoms with Gasteiger partial charge in [-0.05, 0) is 30.5 Å². The Kier molecular flexibility index (Phi) is 3.09. The van der Waals surface area contributed by atoms with E-state index in [1.165, 1.54) is 5.56 Å². The maximum Gasteiger partial charge on any atom is 0.252 e. The van der Waals surface area contributed by atoms with Crippen molar-refractivity contribution >= 4 is 22.6 Å². The van der Waals surface area contributed by atoms with Crippen molar-refractivity contribution in [2.45, 2.75) is 36.9 Å². The van der Waals surface area contributed by atoms with E-state index in [-0.39, 0.29) is 6.29 Å². The first kappa shape index (κ1) is 11.0. The molecule has 2 unspecified atom stereocenters. The fourth-order valence-corrected chi connectivity index (χ4v) is 1.83. The molecular weight excluding hydrogens is 303 g/mol. The van der Waals surface area contributed by atoms with Crippen LogP contribution in [-0.2, 0) is 0 Å². The standard InChI is InChI=1S/C12H15IO2/c1-7(2)9-4-5-10-11(6-9)15-12(14-10)8(3)13/h4-8,12H,1-3H3. The summed E-state index contributed by atoms with van der Waals surface area (Å²) in [4.78, 5) is 0. The lowest BCUT2D eigenvalue weighted by Crippen LogP contribution is -2.26. The maximum atomic E-state index is 5.73.